The Morgan fingerprint density at radius 3 is 2.39 bits per heavy atom. The monoisotopic (exact) mass is 330 g/mol. The van der Waals surface area contributed by atoms with Crippen LogP contribution in [0.5, 0.6) is 0 Å². The van der Waals surface area contributed by atoms with E-state index < -0.39 is 0 Å². The van der Waals surface area contributed by atoms with Gasteiger partial charge in [-0.2, -0.15) is 0 Å². The molecule has 0 radical (unpaired) electrons. The van der Waals surface area contributed by atoms with E-state index in [0.29, 0.717) is 23.7 Å². The lowest BCUT2D eigenvalue weighted by Gasteiger charge is -2.08. The van der Waals surface area contributed by atoms with Crippen molar-refractivity contribution in [2.24, 2.45) is 0 Å². The standard InChI is InChI=1S/C18H19ClN2O2/c1-13-6-8-14(9-7-13)17(22)10-11-20-18(23)21-12-15-4-2-3-5-16(15)19/h2-9H,10-12H2,1H3,(H2,20,21,23). The van der Waals surface area contributed by atoms with Gasteiger partial charge in [0.1, 0.15) is 0 Å². The molecule has 0 aromatic heterocycles. The van der Waals surface area contributed by atoms with Crippen molar-refractivity contribution < 1.29 is 9.59 Å². The van der Waals surface area contributed by atoms with Crippen molar-refractivity contribution in [1.29, 1.82) is 0 Å². The molecule has 0 aliphatic carbocycles. The number of ketones is 1. The van der Waals surface area contributed by atoms with Gasteiger partial charge in [0.25, 0.3) is 0 Å². The molecule has 2 N–H and O–H groups in total. The van der Waals surface area contributed by atoms with Crippen LogP contribution in [-0.2, 0) is 6.54 Å². The van der Waals surface area contributed by atoms with Crippen molar-refractivity contribution in [2.75, 3.05) is 6.54 Å². The van der Waals surface area contributed by atoms with Gasteiger partial charge in [-0.25, -0.2) is 4.79 Å². The number of aryl methyl sites for hydroxylation is 1. The van der Waals surface area contributed by atoms with Crippen LogP contribution in [0.4, 0.5) is 4.79 Å². The summed E-state index contributed by atoms with van der Waals surface area (Å²) in [4.78, 5) is 23.7. The van der Waals surface area contributed by atoms with Gasteiger partial charge >= 0.3 is 6.03 Å². The van der Waals surface area contributed by atoms with E-state index in [1.807, 2.05) is 37.3 Å². The first-order valence-corrected chi connectivity index (χ1v) is 7.79. The van der Waals surface area contributed by atoms with Crippen LogP contribution in [0, 0.1) is 6.92 Å². The Morgan fingerprint density at radius 1 is 1.00 bits per heavy atom. The highest BCUT2D eigenvalue weighted by Gasteiger charge is 2.07. The van der Waals surface area contributed by atoms with Gasteiger partial charge in [0, 0.05) is 30.1 Å². The van der Waals surface area contributed by atoms with Gasteiger partial charge in [-0.15, -0.1) is 0 Å². The van der Waals surface area contributed by atoms with Gasteiger partial charge in [0.2, 0.25) is 0 Å². The molecule has 0 atom stereocenters. The van der Waals surface area contributed by atoms with Crippen molar-refractivity contribution >= 4 is 23.4 Å². The Labute approximate surface area is 140 Å². The minimum atomic E-state index is -0.318. The molecule has 0 unspecified atom stereocenters. The molecule has 0 aliphatic rings. The second-order valence-corrected chi connectivity index (χ2v) is 5.65. The molecule has 0 aliphatic heterocycles. The van der Waals surface area contributed by atoms with E-state index in [-0.39, 0.29) is 18.2 Å². The van der Waals surface area contributed by atoms with Gasteiger partial charge < -0.3 is 10.6 Å². The lowest BCUT2D eigenvalue weighted by atomic mass is 10.1. The average Bonchev–Trinajstić information content (AvgIpc) is 2.54. The topological polar surface area (TPSA) is 58.2 Å². The number of nitrogens with one attached hydrogen (secondary N) is 2. The summed E-state index contributed by atoms with van der Waals surface area (Å²) in [5.74, 6) is 0.0106. The number of urea groups is 1. The number of hydrogen-bond acceptors (Lipinski definition) is 2. The third-order valence-corrected chi connectivity index (χ3v) is 3.78. The van der Waals surface area contributed by atoms with E-state index in [2.05, 4.69) is 10.6 Å². The Bertz CT molecular complexity index is 684. The second-order valence-electron chi connectivity index (χ2n) is 5.24. The third kappa shape index (κ3) is 5.42. The number of hydrogen-bond donors (Lipinski definition) is 2. The molecule has 0 saturated heterocycles. The van der Waals surface area contributed by atoms with E-state index in [1.54, 1.807) is 18.2 Å². The highest BCUT2D eigenvalue weighted by molar-refractivity contribution is 6.31. The largest absolute Gasteiger partial charge is 0.338 e. The van der Waals surface area contributed by atoms with Gasteiger partial charge in [-0.05, 0) is 18.6 Å². The summed E-state index contributed by atoms with van der Waals surface area (Å²) >= 11 is 6.02. The SMILES string of the molecule is Cc1ccc(C(=O)CCNC(=O)NCc2ccccc2Cl)cc1. The molecule has 2 amide bonds. The quantitative estimate of drug-likeness (QED) is 0.793. The van der Waals surface area contributed by atoms with Crippen LogP contribution in [0.15, 0.2) is 48.5 Å². The first-order chi connectivity index (χ1) is 11.1. The summed E-state index contributed by atoms with van der Waals surface area (Å²) in [5.41, 5.74) is 2.62. The first-order valence-electron chi connectivity index (χ1n) is 7.41. The van der Waals surface area contributed by atoms with Crippen molar-refractivity contribution in [3.8, 4) is 0 Å². The highest BCUT2D eigenvalue weighted by atomic mass is 35.5. The number of Topliss-reactive ketones (excluding diaryl/α,β-unsaturated/α-hetero) is 1. The fourth-order valence-electron chi connectivity index (χ4n) is 2.05. The van der Waals surface area contributed by atoms with Gasteiger partial charge in [0.15, 0.2) is 5.78 Å². The maximum Gasteiger partial charge on any atom is 0.315 e. The zero-order chi connectivity index (χ0) is 16.7. The van der Waals surface area contributed by atoms with Crippen molar-refractivity contribution in [1.82, 2.24) is 10.6 Å². The van der Waals surface area contributed by atoms with Crippen LogP contribution in [0.1, 0.15) is 27.9 Å². The number of rotatable bonds is 6. The van der Waals surface area contributed by atoms with Crippen LogP contribution >= 0.6 is 11.6 Å². The minimum absolute atomic E-state index is 0.0106. The van der Waals surface area contributed by atoms with Crippen LogP contribution in [-0.4, -0.2) is 18.4 Å². The van der Waals surface area contributed by atoms with E-state index in [1.165, 1.54) is 0 Å². The fraction of sp³-hybridized carbons (Fsp3) is 0.222. The molecule has 0 heterocycles. The Kier molecular flexibility index (Phi) is 6.18. The van der Waals surface area contributed by atoms with Crippen LogP contribution in [0.3, 0.4) is 0 Å². The smallest absolute Gasteiger partial charge is 0.315 e. The normalized spacial score (nSPS) is 10.2. The van der Waals surface area contributed by atoms with E-state index >= 15 is 0 Å². The fourth-order valence-corrected chi connectivity index (χ4v) is 2.26. The summed E-state index contributed by atoms with van der Waals surface area (Å²) in [6.45, 7) is 2.61. The Hall–Kier alpha value is -2.33. The second kappa shape index (κ2) is 8.34. The summed E-state index contributed by atoms with van der Waals surface area (Å²) in [7, 11) is 0. The number of carbonyl (C=O) groups is 2. The molecule has 4 nitrogen and oxygen atoms in total. The zero-order valence-electron chi connectivity index (χ0n) is 12.9. The van der Waals surface area contributed by atoms with Crippen LogP contribution < -0.4 is 10.6 Å². The average molecular weight is 331 g/mol. The predicted octanol–water partition coefficient (Wildman–Crippen LogP) is 3.72. The molecule has 0 bridgehead atoms. The number of carbonyl (C=O) groups excluding carboxylic acids is 2. The van der Waals surface area contributed by atoms with Crippen LogP contribution in [0.2, 0.25) is 5.02 Å². The molecule has 2 aromatic carbocycles. The molecule has 2 rings (SSSR count). The summed E-state index contributed by atoms with van der Waals surface area (Å²) in [5, 5.41) is 6.00. The first kappa shape index (κ1) is 17.0. The van der Waals surface area contributed by atoms with Gasteiger partial charge in [-0.1, -0.05) is 59.6 Å². The van der Waals surface area contributed by atoms with Gasteiger partial charge in [0.05, 0.1) is 0 Å². The molecule has 5 heteroatoms. The number of amides is 2. The Balaban J connectivity index is 1.71. The van der Waals surface area contributed by atoms with Crippen LogP contribution in [0.25, 0.3) is 0 Å². The maximum atomic E-state index is 12.0. The molecule has 120 valence electrons. The molecule has 2 aromatic rings. The summed E-state index contributed by atoms with van der Waals surface area (Å²) < 4.78 is 0. The predicted molar refractivity (Wildman–Crippen MR) is 91.8 cm³/mol. The van der Waals surface area contributed by atoms with E-state index in [4.69, 9.17) is 11.6 Å². The van der Waals surface area contributed by atoms with E-state index in [0.717, 1.165) is 11.1 Å². The molecular weight excluding hydrogens is 312 g/mol. The molecule has 0 saturated carbocycles. The number of halogens is 1. The molecular formula is C18H19ClN2O2. The lowest BCUT2D eigenvalue weighted by molar-refractivity contribution is 0.0983. The van der Waals surface area contributed by atoms with Gasteiger partial charge in [-0.3, -0.25) is 4.79 Å². The Morgan fingerprint density at radius 2 is 1.70 bits per heavy atom. The van der Waals surface area contributed by atoms with Crippen molar-refractivity contribution in [3.63, 3.8) is 0 Å². The molecule has 0 fully saturated rings. The summed E-state index contributed by atoms with van der Waals surface area (Å²) in [6, 6.07) is 14.4. The lowest BCUT2D eigenvalue weighted by Crippen LogP contribution is -2.36. The molecule has 23 heavy (non-hydrogen) atoms. The van der Waals surface area contributed by atoms with Crippen molar-refractivity contribution in [3.05, 3.63) is 70.2 Å². The zero-order valence-corrected chi connectivity index (χ0v) is 13.7. The van der Waals surface area contributed by atoms with Crippen molar-refractivity contribution in [2.45, 2.75) is 19.9 Å². The summed E-state index contributed by atoms with van der Waals surface area (Å²) in [6.07, 6.45) is 0.266. The maximum absolute atomic E-state index is 12.0. The highest BCUT2D eigenvalue weighted by Crippen LogP contribution is 2.14. The molecule has 0 spiro atoms. The third-order valence-electron chi connectivity index (χ3n) is 3.41. The minimum Gasteiger partial charge on any atom is -0.338 e. The number of benzene rings is 2. The van der Waals surface area contributed by atoms with E-state index in [9.17, 15) is 9.59 Å².